The lowest BCUT2D eigenvalue weighted by atomic mass is 10.00. The van der Waals surface area contributed by atoms with Gasteiger partial charge in [-0.3, -0.25) is 14.4 Å². The van der Waals surface area contributed by atoms with Crippen LogP contribution in [-0.4, -0.2) is 34.9 Å². The Morgan fingerprint density at radius 3 is 2.17 bits per heavy atom. The summed E-state index contributed by atoms with van der Waals surface area (Å²) in [5.74, 6) is -2.64. The van der Waals surface area contributed by atoms with Crippen LogP contribution in [0.3, 0.4) is 0 Å². The van der Waals surface area contributed by atoms with E-state index >= 15 is 0 Å². The second-order valence-corrected chi connectivity index (χ2v) is 4.45. The number of aromatic carboxylic acids is 1. The Kier molecular flexibility index (Phi) is 4.90. The molecule has 0 saturated carbocycles. The maximum Gasteiger partial charge on any atom is 0.335 e. The van der Waals surface area contributed by atoms with Crippen LogP contribution >= 0.6 is 0 Å². The van der Waals surface area contributed by atoms with Crippen LogP contribution in [0.25, 0.3) is 0 Å². The number of hydrogen-bond donors (Lipinski definition) is 2. The van der Waals surface area contributed by atoms with Gasteiger partial charge in [0, 0.05) is 6.07 Å². The SMILES string of the molecule is O=COc1ccc(C(=O)c2ccc(C(=O)O)cc2O)c(OC=O)c1. The molecule has 0 aliphatic carbocycles. The molecule has 0 aliphatic heterocycles. The Morgan fingerprint density at radius 2 is 1.58 bits per heavy atom. The smallest absolute Gasteiger partial charge is 0.335 e. The molecular formula is C16H10O8. The molecule has 2 rings (SSSR count). The van der Waals surface area contributed by atoms with Crippen molar-refractivity contribution >= 4 is 24.7 Å². The molecule has 0 spiro atoms. The topological polar surface area (TPSA) is 127 Å². The average Bonchev–Trinajstić information content (AvgIpc) is 2.55. The molecule has 0 fully saturated rings. The molecule has 0 amide bonds. The summed E-state index contributed by atoms with van der Waals surface area (Å²) in [6.45, 7) is 0.252. The molecule has 2 N–H and O–H groups in total. The number of phenolic OH excluding ortho intramolecular Hbond substituents is 1. The molecule has 122 valence electrons. The summed E-state index contributed by atoms with van der Waals surface area (Å²) in [7, 11) is 0. The van der Waals surface area contributed by atoms with Gasteiger partial charge in [0.1, 0.15) is 17.2 Å². The second-order valence-electron chi connectivity index (χ2n) is 4.45. The molecule has 24 heavy (non-hydrogen) atoms. The highest BCUT2D eigenvalue weighted by Crippen LogP contribution is 2.29. The summed E-state index contributed by atoms with van der Waals surface area (Å²) in [5.41, 5.74) is -0.457. The summed E-state index contributed by atoms with van der Waals surface area (Å²) in [4.78, 5) is 44.3. The summed E-state index contributed by atoms with van der Waals surface area (Å²) in [6.07, 6.45) is 0. The number of phenols is 1. The first-order valence-corrected chi connectivity index (χ1v) is 6.43. The quantitative estimate of drug-likeness (QED) is 0.576. The highest BCUT2D eigenvalue weighted by Gasteiger charge is 2.20. The van der Waals surface area contributed by atoms with Gasteiger partial charge >= 0.3 is 5.97 Å². The van der Waals surface area contributed by atoms with Crippen LogP contribution in [0, 0.1) is 0 Å². The van der Waals surface area contributed by atoms with Gasteiger partial charge in [0.15, 0.2) is 5.78 Å². The molecular weight excluding hydrogens is 320 g/mol. The summed E-state index contributed by atoms with van der Waals surface area (Å²) < 4.78 is 9.29. The van der Waals surface area contributed by atoms with E-state index in [-0.39, 0.29) is 41.1 Å². The number of carboxylic acids is 1. The lowest BCUT2D eigenvalue weighted by molar-refractivity contribution is -0.121. The minimum absolute atomic E-state index is 0.0452. The van der Waals surface area contributed by atoms with Crippen molar-refractivity contribution in [3.63, 3.8) is 0 Å². The van der Waals surface area contributed by atoms with Crippen LogP contribution in [0.2, 0.25) is 0 Å². The Hall–Kier alpha value is -3.68. The van der Waals surface area contributed by atoms with E-state index in [9.17, 15) is 24.3 Å². The van der Waals surface area contributed by atoms with Gasteiger partial charge in [0.2, 0.25) is 0 Å². The van der Waals surface area contributed by atoms with Gasteiger partial charge in [-0.1, -0.05) is 0 Å². The number of rotatable bonds is 7. The third-order valence-corrected chi connectivity index (χ3v) is 3.05. The maximum absolute atomic E-state index is 12.5. The minimum atomic E-state index is -1.26. The third-order valence-electron chi connectivity index (χ3n) is 3.05. The monoisotopic (exact) mass is 330 g/mol. The summed E-state index contributed by atoms with van der Waals surface area (Å²) >= 11 is 0. The lowest BCUT2D eigenvalue weighted by Gasteiger charge is -2.09. The van der Waals surface area contributed by atoms with Crippen LogP contribution in [0.15, 0.2) is 36.4 Å². The van der Waals surface area contributed by atoms with Crippen LogP contribution in [0.4, 0.5) is 0 Å². The summed E-state index contributed by atoms with van der Waals surface area (Å²) in [5, 5.41) is 18.7. The number of carboxylic acid groups (broad SMARTS) is 1. The molecule has 0 saturated heterocycles. The average molecular weight is 330 g/mol. The molecule has 8 nitrogen and oxygen atoms in total. The zero-order chi connectivity index (χ0) is 17.7. The van der Waals surface area contributed by atoms with Gasteiger partial charge < -0.3 is 19.7 Å². The third kappa shape index (κ3) is 3.38. The van der Waals surface area contributed by atoms with Gasteiger partial charge in [0.05, 0.1) is 16.7 Å². The van der Waals surface area contributed by atoms with E-state index in [0.29, 0.717) is 0 Å². The Balaban J connectivity index is 2.47. The van der Waals surface area contributed by atoms with Gasteiger partial charge in [-0.05, 0) is 30.3 Å². The van der Waals surface area contributed by atoms with E-state index in [4.69, 9.17) is 9.84 Å². The highest BCUT2D eigenvalue weighted by atomic mass is 16.5. The van der Waals surface area contributed by atoms with E-state index in [0.717, 1.165) is 24.3 Å². The number of carbonyl (C=O) groups is 4. The van der Waals surface area contributed by atoms with E-state index in [1.54, 1.807) is 0 Å². The fourth-order valence-corrected chi connectivity index (χ4v) is 1.97. The minimum Gasteiger partial charge on any atom is -0.507 e. The van der Waals surface area contributed by atoms with Crippen LogP contribution in [-0.2, 0) is 9.59 Å². The normalized spacial score (nSPS) is 9.83. The predicted octanol–water partition coefficient (Wildman–Crippen LogP) is 1.39. The van der Waals surface area contributed by atoms with Crippen molar-refractivity contribution < 1.29 is 38.9 Å². The van der Waals surface area contributed by atoms with Crippen molar-refractivity contribution in [2.24, 2.45) is 0 Å². The molecule has 0 heterocycles. The second kappa shape index (κ2) is 7.05. The van der Waals surface area contributed by atoms with Crippen molar-refractivity contribution in [1.82, 2.24) is 0 Å². The van der Waals surface area contributed by atoms with Gasteiger partial charge in [-0.25, -0.2) is 4.79 Å². The summed E-state index contributed by atoms with van der Waals surface area (Å²) in [6, 6.07) is 6.91. The van der Waals surface area contributed by atoms with Crippen molar-refractivity contribution in [1.29, 1.82) is 0 Å². The van der Waals surface area contributed by atoms with Crippen LogP contribution in [0.5, 0.6) is 17.2 Å². The number of ether oxygens (including phenoxy) is 2. The fraction of sp³-hybridized carbons (Fsp3) is 0. The van der Waals surface area contributed by atoms with Crippen molar-refractivity contribution in [2.45, 2.75) is 0 Å². The highest BCUT2D eigenvalue weighted by molar-refractivity contribution is 6.13. The molecule has 0 radical (unpaired) electrons. The number of aromatic hydroxyl groups is 1. The first-order chi connectivity index (χ1) is 11.5. The fourth-order valence-electron chi connectivity index (χ4n) is 1.97. The molecule has 2 aromatic carbocycles. The van der Waals surface area contributed by atoms with Crippen molar-refractivity contribution in [3.05, 3.63) is 53.1 Å². The number of ketones is 1. The van der Waals surface area contributed by atoms with E-state index in [1.807, 2.05) is 0 Å². The lowest BCUT2D eigenvalue weighted by Crippen LogP contribution is -2.07. The van der Waals surface area contributed by atoms with E-state index < -0.39 is 17.5 Å². The Bertz CT molecular complexity index is 825. The van der Waals surface area contributed by atoms with Crippen LogP contribution < -0.4 is 9.47 Å². The van der Waals surface area contributed by atoms with Crippen molar-refractivity contribution in [2.75, 3.05) is 0 Å². The maximum atomic E-state index is 12.5. The first-order valence-electron chi connectivity index (χ1n) is 6.43. The van der Waals surface area contributed by atoms with E-state index in [2.05, 4.69) is 4.74 Å². The van der Waals surface area contributed by atoms with Crippen LogP contribution in [0.1, 0.15) is 26.3 Å². The standard InChI is InChI=1S/C16H10O8/c17-7-23-10-2-4-12(14(6-10)24-8-18)15(20)11-3-1-9(16(21)22)5-13(11)19/h1-8,19H,(H,21,22). The molecule has 0 bridgehead atoms. The Morgan fingerprint density at radius 1 is 0.917 bits per heavy atom. The molecule has 2 aromatic rings. The molecule has 0 aliphatic rings. The number of carbonyl (C=O) groups excluding carboxylic acids is 3. The largest absolute Gasteiger partial charge is 0.507 e. The van der Waals surface area contributed by atoms with E-state index in [1.165, 1.54) is 12.1 Å². The first kappa shape index (κ1) is 16.7. The molecule has 0 unspecified atom stereocenters. The molecule has 8 heteroatoms. The Labute approximate surface area is 134 Å². The zero-order valence-corrected chi connectivity index (χ0v) is 12.0. The number of benzene rings is 2. The van der Waals surface area contributed by atoms with Crippen molar-refractivity contribution in [3.8, 4) is 17.2 Å². The van der Waals surface area contributed by atoms with Gasteiger partial charge in [0.25, 0.3) is 12.9 Å². The predicted molar refractivity (Wildman–Crippen MR) is 78.3 cm³/mol. The van der Waals surface area contributed by atoms with Gasteiger partial charge in [-0.15, -0.1) is 0 Å². The molecule has 0 aromatic heterocycles. The zero-order valence-electron chi connectivity index (χ0n) is 12.0. The number of hydrogen-bond acceptors (Lipinski definition) is 7. The molecule has 0 atom stereocenters. The van der Waals surface area contributed by atoms with Gasteiger partial charge in [-0.2, -0.15) is 0 Å².